The number of Topliss-reactive ketones (excluding diaryl/α,β-unsaturated/α-hetero) is 1. The van der Waals surface area contributed by atoms with Gasteiger partial charge in [-0.1, -0.05) is 20.8 Å². The Bertz CT molecular complexity index is 645. The highest BCUT2D eigenvalue weighted by Crippen LogP contribution is 2.67. The second kappa shape index (κ2) is 7.11. The Kier molecular flexibility index (Phi) is 5.17. The molecular formula is C24H38O4. The van der Waals surface area contributed by atoms with Gasteiger partial charge in [-0.25, -0.2) is 0 Å². The molecule has 0 aromatic carbocycles. The average molecular weight is 391 g/mol. The second-order valence-corrected chi connectivity index (χ2v) is 11.1. The Hall–Kier alpha value is -0.900. The highest BCUT2D eigenvalue weighted by molar-refractivity contribution is 5.87. The van der Waals surface area contributed by atoms with Crippen molar-refractivity contribution in [3.63, 3.8) is 0 Å². The molecule has 4 fully saturated rings. The first-order valence-corrected chi connectivity index (χ1v) is 11.6. The van der Waals surface area contributed by atoms with E-state index in [1.165, 1.54) is 12.8 Å². The van der Waals surface area contributed by atoms with Gasteiger partial charge < -0.3 is 10.2 Å². The van der Waals surface area contributed by atoms with Crippen LogP contribution < -0.4 is 0 Å². The number of ketones is 1. The number of rotatable bonds is 4. The molecule has 0 heterocycles. The summed E-state index contributed by atoms with van der Waals surface area (Å²) in [7, 11) is 0. The van der Waals surface area contributed by atoms with E-state index in [0.29, 0.717) is 54.1 Å². The van der Waals surface area contributed by atoms with Gasteiger partial charge in [0.05, 0.1) is 6.10 Å². The number of carboxylic acids is 1. The Morgan fingerprint density at radius 1 is 1.14 bits per heavy atom. The molecular weight excluding hydrogens is 352 g/mol. The van der Waals surface area contributed by atoms with Crippen LogP contribution in [0.3, 0.4) is 0 Å². The van der Waals surface area contributed by atoms with Crippen molar-refractivity contribution in [3.8, 4) is 0 Å². The number of hydrogen-bond acceptors (Lipinski definition) is 3. The third kappa shape index (κ3) is 2.97. The molecule has 4 saturated carbocycles. The van der Waals surface area contributed by atoms with Crippen molar-refractivity contribution in [3.05, 3.63) is 0 Å². The molecule has 4 aliphatic rings. The van der Waals surface area contributed by atoms with E-state index in [9.17, 15) is 14.7 Å². The summed E-state index contributed by atoms with van der Waals surface area (Å²) in [6.07, 6.45) is 8.96. The smallest absolute Gasteiger partial charge is 0.303 e. The van der Waals surface area contributed by atoms with Gasteiger partial charge in [0.2, 0.25) is 0 Å². The molecule has 0 saturated heterocycles. The minimum atomic E-state index is -0.729. The Labute approximate surface area is 169 Å². The van der Waals surface area contributed by atoms with Crippen LogP contribution in [0.15, 0.2) is 0 Å². The second-order valence-electron chi connectivity index (χ2n) is 11.1. The molecule has 0 bridgehead atoms. The maximum atomic E-state index is 13.6. The Morgan fingerprint density at radius 3 is 2.61 bits per heavy atom. The first-order chi connectivity index (χ1) is 13.2. The van der Waals surface area contributed by atoms with Crippen LogP contribution in [0.2, 0.25) is 0 Å². The van der Waals surface area contributed by atoms with Gasteiger partial charge in [0.15, 0.2) is 0 Å². The van der Waals surface area contributed by atoms with Gasteiger partial charge in [-0.05, 0) is 92.3 Å². The standard InChI is InChI=1S/C24H38O4/c1-14(4-9-22(27)28)18-7-8-19-17-6-5-15-12-16(25)10-11-23(15,2)20(17)13-21(26)24(18,19)3/h14-20,25H,4-13H2,1-3H3,(H,27,28)/t14-,15?,16+,17+,18-,19+,20+,23+,24-/m1/s1. The van der Waals surface area contributed by atoms with E-state index in [1.807, 2.05) is 0 Å². The van der Waals surface area contributed by atoms with E-state index in [2.05, 4.69) is 20.8 Å². The number of carboxylic acid groups (broad SMARTS) is 1. The van der Waals surface area contributed by atoms with Crippen molar-refractivity contribution in [2.24, 2.45) is 46.3 Å². The van der Waals surface area contributed by atoms with Gasteiger partial charge in [-0.3, -0.25) is 9.59 Å². The molecule has 9 atom stereocenters. The highest BCUT2D eigenvalue weighted by atomic mass is 16.4. The molecule has 0 aliphatic heterocycles. The molecule has 1 unspecified atom stereocenters. The van der Waals surface area contributed by atoms with Crippen molar-refractivity contribution in [1.82, 2.24) is 0 Å². The Morgan fingerprint density at radius 2 is 1.89 bits per heavy atom. The third-order valence-electron chi connectivity index (χ3n) is 10.1. The van der Waals surface area contributed by atoms with Crippen LogP contribution in [0.5, 0.6) is 0 Å². The van der Waals surface area contributed by atoms with E-state index in [1.54, 1.807) is 0 Å². The van der Waals surface area contributed by atoms with Crippen LogP contribution >= 0.6 is 0 Å². The fourth-order valence-electron chi connectivity index (χ4n) is 8.44. The van der Waals surface area contributed by atoms with Gasteiger partial charge in [0.1, 0.15) is 5.78 Å². The molecule has 0 aromatic heterocycles. The monoisotopic (exact) mass is 390 g/mol. The summed E-state index contributed by atoms with van der Waals surface area (Å²) in [5.41, 5.74) is -0.0391. The van der Waals surface area contributed by atoms with Gasteiger partial charge in [-0.2, -0.15) is 0 Å². The lowest BCUT2D eigenvalue weighted by Gasteiger charge is -2.60. The highest BCUT2D eigenvalue weighted by Gasteiger charge is 2.63. The lowest BCUT2D eigenvalue weighted by atomic mass is 9.44. The zero-order chi connectivity index (χ0) is 20.3. The van der Waals surface area contributed by atoms with Gasteiger partial charge >= 0.3 is 5.97 Å². The number of aliphatic hydroxyl groups is 1. The summed E-state index contributed by atoms with van der Waals surface area (Å²) in [5, 5.41) is 19.3. The summed E-state index contributed by atoms with van der Waals surface area (Å²) in [6.45, 7) is 6.81. The molecule has 4 rings (SSSR count). The number of carbonyl (C=O) groups excluding carboxylic acids is 1. The molecule has 28 heavy (non-hydrogen) atoms. The number of aliphatic carboxylic acids is 1. The van der Waals surface area contributed by atoms with Crippen molar-refractivity contribution < 1.29 is 19.8 Å². The molecule has 158 valence electrons. The van der Waals surface area contributed by atoms with Gasteiger partial charge in [0, 0.05) is 18.3 Å². The van der Waals surface area contributed by atoms with E-state index in [0.717, 1.165) is 32.1 Å². The number of hydrogen-bond donors (Lipinski definition) is 2. The zero-order valence-corrected chi connectivity index (χ0v) is 17.8. The number of aliphatic hydroxyl groups excluding tert-OH is 1. The molecule has 0 aromatic rings. The van der Waals surface area contributed by atoms with Crippen molar-refractivity contribution >= 4 is 11.8 Å². The lowest BCUT2D eigenvalue weighted by molar-refractivity contribution is -0.160. The lowest BCUT2D eigenvalue weighted by Crippen LogP contribution is -2.57. The molecule has 4 heteroatoms. The predicted octanol–water partition coefficient (Wildman–Crippen LogP) is 4.69. The van der Waals surface area contributed by atoms with Crippen LogP contribution in [0.4, 0.5) is 0 Å². The van der Waals surface area contributed by atoms with E-state index in [-0.39, 0.29) is 23.4 Å². The first-order valence-electron chi connectivity index (χ1n) is 11.6. The summed E-state index contributed by atoms with van der Waals surface area (Å²) in [4.78, 5) is 24.7. The summed E-state index contributed by atoms with van der Waals surface area (Å²) in [5.74, 6) is 2.52. The van der Waals surface area contributed by atoms with Crippen LogP contribution in [0.25, 0.3) is 0 Å². The Balaban J connectivity index is 1.57. The van der Waals surface area contributed by atoms with Crippen molar-refractivity contribution in [1.29, 1.82) is 0 Å². The molecule has 0 spiro atoms. The zero-order valence-electron chi connectivity index (χ0n) is 17.8. The largest absolute Gasteiger partial charge is 0.481 e. The topological polar surface area (TPSA) is 74.6 Å². The van der Waals surface area contributed by atoms with Crippen molar-refractivity contribution in [2.45, 2.75) is 91.1 Å². The molecule has 0 amide bonds. The van der Waals surface area contributed by atoms with E-state index < -0.39 is 5.97 Å². The maximum Gasteiger partial charge on any atom is 0.303 e. The van der Waals surface area contributed by atoms with Crippen LogP contribution in [-0.4, -0.2) is 28.1 Å². The molecule has 4 nitrogen and oxygen atoms in total. The number of fused-ring (bicyclic) bond motifs is 5. The van der Waals surface area contributed by atoms with E-state index >= 15 is 0 Å². The van der Waals surface area contributed by atoms with Crippen LogP contribution in [-0.2, 0) is 9.59 Å². The first kappa shape index (κ1) is 20.4. The van der Waals surface area contributed by atoms with Gasteiger partial charge in [-0.15, -0.1) is 0 Å². The normalized spacial score (nSPS) is 49.1. The quantitative estimate of drug-likeness (QED) is 0.730. The minimum absolute atomic E-state index is 0.148. The fourth-order valence-corrected chi connectivity index (χ4v) is 8.44. The van der Waals surface area contributed by atoms with Crippen LogP contribution in [0, 0.1) is 46.3 Å². The van der Waals surface area contributed by atoms with Crippen molar-refractivity contribution in [2.75, 3.05) is 0 Å². The number of carbonyl (C=O) groups is 2. The van der Waals surface area contributed by atoms with E-state index in [4.69, 9.17) is 5.11 Å². The third-order valence-corrected chi connectivity index (χ3v) is 10.1. The maximum absolute atomic E-state index is 13.6. The average Bonchev–Trinajstić information content (AvgIpc) is 3.00. The predicted molar refractivity (Wildman–Crippen MR) is 108 cm³/mol. The SMILES string of the molecule is C[C@H](CCC(=O)O)[C@H]1CC[C@H]2[C@@H]3CCC4C[C@@H](O)CC[C@]4(C)[C@H]3CC(=O)[C@]12C. The molecule has 2 N–H and O–H groups in total. The summed E-state index contributed by atoms with van der Waals surface area (Å²) >= 11 is 0. The minimum Gasteiger partial charge on any atom is -0.481 e. The fraction of sp³-hybridized carbons (Fsp3) is 0.917. The molecule has 4 aliphatic carbocycles. The summed E-state index contributed by atoms with van der Waals surface area (Å²) < 4.78 is 0. The van der Waals surface area contributed by atoms with Crippen LogP contribution in [0.1, 0.15) is 85.0 Å². The summed E-state index contributed by atoms with van der Waals surface area (Å²) in [6, 6.07) is 0. The van der Waals surface area contributed by atoms with Gasteiger partial charge in [0.25, 0.3) is 0 Å². The molecule has 0 radical (unpaired) electrons.